The predicted molar refractivity (Wildman–Crippen MR) is 82.3 cm³/mol. The van der Waals surface area contributed by atoms with Crippen LogP contribution in [0.25, 0.3) is 0 Å². The fraction of sp³-hybridized carbons (Fsp3) is 0.944. The van der Waals surface area contributed by atoms with Gasteiger partial charge in [-0.3, -0.25) is 4.79 Å². The van der Waals surface area contributed by atoms with Gasteiger partial charge in [-0.1, -0.05) is 20.8 Å². The summed E-state index contributed by atoms with van der Waals surface area (Å²) in [5.41, 5.74) is 0.224. The number of hydrogen-bond donors (Lipinski definition) is 0. The van der Waals surface area contributed by atoms with Crippen molar-refractivity contribution in [2.45, 2.75) is 79.2 Å². The number of esters is 1. The molecule has 3 aliphatic carbocycles. The fourth-order valence-electron chi connectivity index (χ4n) is 4.54. The minimum atomic E-state index is -0.346. The molecule has 0 spiro atoms. The third kappa shape index (κ3) is 3.20. The van der Waals surface area contributed by atoms with Crippen LogP contribution < -0.4 is 0 Å². The highest BCUT2D eigenvalue weighted by Crippen LogP contribution is 2.63. The molecule has 0 saturated heterocycles. The molecule has 3 saturated carbocycles. The molecule has 2 bridgehead atoms. The van der Waals surface area contributed by atoms with Gasteiger partial charge in [-0.15, -0.1) is 0 Å². The minimum absolute atomic E-state index is 0.0357. The summed E-state index contributed by atoms with van der Waals surface area (Å²) in [6, 6.07) is 0. The van der Waals surface area contributed by atoms with E-state index in [0.717, 1.165) is 30.1 Å². The molecule has 0 aliphatic heterocycles. The van der Waals surface area contributed by atoms with Crippen LogP contribution in [0.3, 0.4) is 0 Å². The van der Waals surface area contributed by atoms with Gasteiger partial charge in [0.2, 0.25) is 0 Å². The predicted octanol–water partition coefficient (Wildman–Crippen LogP) is 4.82. The first-order chi connectivity index (χ1) is 9.11. The van der Waals surface area contributed by atoms with E-state index < -0.39 is 0 Å². The zero-order chi connectivity index (χ0) is 15.1. The molecule has 0 heterocycles. The summed E-state index contributed by atoms with van der Waals surface area (Å²) in [7, 11) is 0. The molecule has 0 N–H and O–H groups in total. The Morgan fingerprint density at radius 1 is 1.25 bits per heavy atom. The monoisotopic (exact) mass is 280 g/mol. The van der Waals surface area contributed by atoms with Gasteiger partial charge in [-0.2, -0.15) is 0 Å². The van der Waals surface area contributed by atoms with Gasteiger partial charge >= 0.3 is 5.97 Å². The van der Waals surface area contributed by atoms with Gasteiger partial charge in [0.1, 0.15) is 5.60 Å². The van der Waals surface area contributed by atoms with Crippen LogP contribution in [-0.4, -0.2) is 11.6 Å². The quantitative estimate of drug-likeness (QED) is 0.690. The summed E-state index contributed by atoms with van der Waals surface area (Å²) in [5, 5.41) is 0. The molecule has 20 heavy (non-hydrogen) atoms. The molecule has 0 aromatic rings. The second-order valence-corrected chi connectivity index (χ2v) is 8.69. The molecule has 2 unspecified atom stereocenters. The van der Waals surface area contributed by atoms with Crippen LogP contribution >= 0.6 is 0 Å². The lowest BCUT2D eigenvalue weighted by Crippen LogP contribution is -2.54. The summed E-state index contributed by atoms with van der Waals surface area (Å²) < 4.78 is 5.38. The Morgan fingerprint density at radius 3 is 2.40 bits per heavy atom. The number of carbonyl (C=O) groups is 1. The Morgan fingerprint density at radius 2 is 1.90 bits per heavy atom. The first kappa shape index (κ1) is 15.9. The van der Waals surface area contributed by atoms with Crippen molar-refractivity contribution in [1.29, 1.82) is 0 Å². The molecule has 3 fully saturated rings. The van der Waals surface area contributed by atoms with Crippen LogP contribution in [0.15, 0.2) is 0 Å². The fourth-order valence-corrected chi connectivity index (χ4v) is 4.54. The maximum absolute atomic E-state index is 11.7. The van der Waals surface area contributed by atoms with Crippen molar-refractivity contribution in [2.75, 3.05) is 0 Å². The Kier molecular flexibility index (Phi) is 4.24. The van der Waals surface area contributed by atoms with Gasteiger partial charge < -0.3 is 4.74 Å². The Balaban J connectivity index is 1.73. The number of fused-ring (bicyclic) bond motifs is 2. The SMILES string of the molecule is C[C@@H]1C2CC(C[C@H]1CCCC(=O)OC(C)(C)C)C2(C)C. The van der Waals surface area contributed by atoms with Crippen molar-refractivity contribution >= 4 is 5.97 Å². The van der Waals surface area contributed by atoms with E-state index >= 15 is 0 Å². The summed E-state index contributed by atoms with van der Waals surface area (Å²) in [6.07, 6.45) is 5.59. The first-order valence-corrected chi connectivity index (χ1v) is 8.33. The summed E-state index contributed by atoms with van der Waals surface area (Å²) in [5.74, 6) is 3.46. The highest BCUT2D eigenvalue weighted by Gasteiger charge is 2.55. The average molecular weight is 280 g/mol. The van der Waals surface area contributed by atoms with Gasteiger partial charge in [0.05, 0.1) is 0 Å². The Hall–Kier alpha value is -0.530. The molecule has 0 amide bonds. The van der Waals surface area contributed by atoms with Crippen molar-refractivity contribution in [3.63, 3.8) is 0 Å². The van der Waals surface area contributed by atoms with Crippen molar-refractivity contribution in [3.05, 3.63) is 0 Å². The highest BCUT2D eigenvalue weighted by atomic mass is 16.6. The van der Waals surface area contributed by atoms with Gasteiger partial charge in [0.25, 0.3) is 0 Å². The van der Waals surface area contributed by atoms with Gasteiger partial charge in [0.15, 0.2) is 0 Å². The van der Waals surface area contributed by atoms with Crippen molar-refractivity contribution in [2.24, 2.45) is 29.1 Å². The van der Waals surface area contributed by atoms with E-state index in [4.69, 9.17) is 4.74 Å². The molecule has 3 rings (SSSR count). The number of ether oxygens (including phenoxy) is 1. The Labute approximate surface area is 124 Å². The van der Waals surface area contributed by atoms with Crippen molar-refractivity contribution in [3.8, 4) is 0 Å². The van der Waals surface area contributed by atoms with Crippen LogP contribution in [-0.2, 0) is 9.53 Å². The molecule has 4 atom stereocenters. The first-order valence-electron chi connectivity index (χ1n) is 8.33. The lowest BCUT2D eigenvalue weighted by molar-refractivity contribution is -0.155. The third-order valence-electron chi connectivity index (χ3n) is 5.89. The smallest absolute Gasteiger partial charge is 0.306 e. The number of rotatable bonds is 4. The highest BCUT2D eigenvalue weighted by molar-refractivity contribution is 5.69. The van der Waals surface area contributed by atoms with E-state index in [2.05, 4.69) is 20.8 Å². The zero-order valence-electron chi connectivity index (χ0n) is 14.2. The lowest BCUT2D eigenvalue weighted by atomic mass is 9.43. The summed E-state index contributed by atoms with van der Waals surface area (Å²) in [6.45, 7) is 13.1. The summed E-state index contributed by atoms with van der Waals surface area (Å²) >= 11 is 0. The molecule has 0 radical (unpaired) electrons. The molecule has 116 valence electrons. The normalized spacial score (nSPS) is 35.3. The van der Waals surface area contributed by atoms with Crippen LogP contribution in [0.5, 0.6) is 0 Å². The largest absolute Gasteiger partial charge is 0.460 e. The van der Waals surface area contributed by atoms with E-state index in [1.165, 1.54) is 19.3 Å². The topological polar surface area (TPSA) is 26.3 Å². The zero-order valence-corrected chi connectivity index (χ0v) is 14.2. The van der Waals surface area contributed by atoms with Gasteiger partial charge in [-0.05, 0) is 75.5 Å². The second-order valence-electron chi connectivity index (χ2n) is 8.69. The van der Waals surface area contributed by atoms with Crippen molar-refractivity contribution < 1.29 is 9.53 Å². The molecular weight excluding hydrogens is 248 g/mol. The van der Waals surface area contributed by atoms with Gasteiger partial charge in [-0.25, -0.2) is 0 Å². The van der Waals surface area contributed by atoms with Crippen LogP contribution in [0.1, 0.15) is 73.6 Å². The van der Waals surface area contributed by atoms with E-state index in [1.54, 1.807) is 0 Å². The van der Waals surface area contributed by atoms with Crippen LogP contribution in [0, 0.1) is 29.1 Å². The van der Waals surface area contributed by atoms with Crippen molar-refractivity contribution in [1.82, 2.24) is 0 Å². The third-order valence-corrected chi connectivity index (χ3v) is 5.89. The minimum Gasteiger partial charge on any atom is -0.460 e. The maximum Gasteiger partial charge on any atom is 0.306 e. The molecule has 3 aliphatic rings. The maximum atomic E-state index is 11.7. The molecule has 0 aromatic heterocycles. The van der Waals surface area contributed by atoms with E-state index in [1.807, 2.05) is 20.8 Å². The standard InChI is InChI=1S/C18H32O2/c1-12-13(10-14-11-15(12)18(14,5)6)8-7-9-16(19)20-17(2,3)4/h12-15H,7-11H2,1-6H3/t12-,13+,14?,15?/m0/s1. The second kappa shape index (κ2) is 5.35. The van der Waals surface area contributed by atoms with E-state index in [0.29, 0.717) is 11.8 Å². The molecule has 2 heteroatoms. The van der Waals surface area contributed by atoms with Gasteiger partial charge in [0, 0.05) is 6.42 Å². The lowest BCUT2D eigenvalue weighted by Gasteiger charge is -2.62. The van der Waals surface area contributed by atoms with E-state index in [-0.39, 0.29) is 11.6 Å². The average Bonchev–Trinajstić information content (AvgIpc) is 2.28. The number of hydrogen-bond acceptors (Lipinski definition) is 2. The van der Waals surface area contributed by atoms with Crippen LogP contribution in [0.4, 0.5) is 0 Å². The number of carbonyl (C=O) groups excluding carboxylic acids is 1. The molecular formula is C18H32O2. The molecule has 0 aromatic carbocycles. The van der Waals surface area contributed by atoms with Crippen LogP contribution in [0.2, 0.25) is 0 Å². The molecule has 2 nitrogen and oxygen atoms in total. The van der Waals surface area contributed by atoms with E-state index in [9.17, 15) is 4.79 Å². The summed E-state index contributed by atoms with van der Waals surface area (Å²) in [4.78, 5) is 11.7. The Bertz CT molecular complexity index is 364.